The second-order valence-corrected chi connectivity index (χ2v) is 5.03. The zero-order chi connectivity index (χ0) is 10.9. The molecule has 2 aliphatic carbocycles. The lowest BCUT2D eigenvalue weighted by atomic mass is 9.69. The molecule has 2 fully saturated rings. The van der Waals surface area contributed by atoms with Crippen LogP contribution in [0.1, 0.15) is 38.5 Å². The van der Waals surface area contributed by atoms with E-state index in [4.69, 9.17) is 5.26 Å². The van der Waals surface area contributed by atoms with Gasteiger partial charge in [0, 0.05) is 13.6 Å². The van der Waals surface area contributed by atoms with E-state index < -0.39 is 5.41 Å². The molecule has 0 saturated heterocycles. The quantitative estimate of drug-likeness (QED) is 0.708. The molecule has 82 valence electrons. The van der Waals surface area contributed by atoms with Crippen molar-refractivity contribution in [2.24, 2.45) is 11.3 Å². The first kappa shape index (κ1) is 10.5. The Balaban J connectivity index is 1.91. The van der Waals surface area contributed by atoms with Crippen LogP contribution in [0.2, 0.25) is 0 Å². The van der Waals surface area contributed by atoms with Crippen molar-refractivity contribution < 1.29 is 4.79 Å². The molecule has 0 N–H and O–H groups in total. The maximum absolute atomic E-state index is 12.1. The average Bonchev–Trinajstić information content (AvgIpc) is 2.10. The Morgan fingerprint density at radius 1 is 1.47 bits per heavy atom. The van der Waals surface area contributed by atoms with Crippen LogP contribution in [0, 0.1) is 22.7 Å². The predicted molar refractivity (Wildman–Crippen MR) is 56.9 cm³/mol. The van der Waals surface area contributed by atoms with Crippen molar-refractivity contribution in [3.63, 3.8) is 0 Å². The van der Waals surface area contributed by atoms with E-state index in [0.29, 0.717) is 5.92 Å². The summed E-state index contributed by atoms with van der Waals surface area (Å²) in [5.41, 5.74) is -0.654. The van der Waals surface area contributed by atoms with Crippen LogP contribution in [0.3, 0.4) is 0 Å². The predicted octanol–water partition coefficient (Wildman–Crippen LogP) is 1.94. The smallest absolute Gasteiger partial charge is 0.242 e. The summed E-state index contributed by atoms with van der Waals surface area (Å²) >= 11 is 0. The Labute approximate surface area is 91.1 Å². The van der Waals surface area contributed by atoms with Crippen molar-refractivity contribution in [1.82, 2.24) is 4.90 Å². The van der Waals surface area contributed by atoms with Crippen LogP contribution in [0.4, 0.5) is 0 Å². The number of hydrogen-bond acceptors (Lipinski definition) is 2. The third kappa shape index (κ3) is 1.73. The minimum Gasteiger partial charge on any atom is -0.344 e. The fraction of sp³-hybridized carbons (Fsp3) is 0.833. The van der Waals surface area contributed by atoms with Crippen LogP contribution in [0.5, 0.6) is 0 Å². The minimum absolute atomic E-state index is 0.0585. The molecule has 0 aromatic heterocycles. The van der Waals surface area contributed by atoms with E-state index in [-0.39, 0.29) is 5.91 Å². The largest absolute Gasteiger partial charge is 0.344 e. The lowest BCUT2D eigenvalue weighted by Gasteiger charge is -2.39. The number of nitriles is 1. The molecule has 2 aliphatic rings. The molecule has 0 bridgehead atoms. The molecule has 0 radical (unpaired) electrons. The van der Waals surface area contributed by atoms with E-state index in [1.165, 1.54) is 19.3 Å². The Morgan fingerprint density at radius 3 is 2.47 bits per heavy atom. The van der Waals surface area contributed by atoms with Crippen molar-refractivity contribution in [3.05, 3.63) is 0 Å². The van der Waals surface area contributed by atoms with E-state index in [0.717, 1.165) is 25.8 Å². The van der Waals surface area contributed by atoms with E-state index in [1.54, 1.807) is 4.90 Å². The Bertz CT molecular complexity index is 297. The molecule has 2 rings (SSSR count). The van der Waals surface area contributed by atoms with Gasteiger partial charge in [0.2, 0.25) is 5.91 Å². The number of carbonyl (C=O) groups is 1. The lowest BCUT2D eigenvalue weighted by molar-refractivity contribution is -0.142. The second-order valence-electron chi connectivity index (χ2n) is 5.03. The number of hydrogen-bond donors (Lipinski definition) is 0. The van der Waals surface area contributed by atoms with Crippen molar-refractivity contribution in [2.75, 3.05) is 13.6 Å². The summed E-state index contributed by atoms with van der Waals surface area (Å²) in [7, 11) is 1.85. The molecule has 2 saturated carbocycles. The van der Waals surface area contributed by atoms with Crippen molar-refractivity contribution in [1.29, 1.82) is 5.26 Å². The van der Waals surface area contributed by atoms with Gasteiger partial charge in [-0.2, -0.15) is 5.26 Å². The minimum atomic E-state index is -0.654. The maximum Gasteiger partial charge on any atom is 0.242 e. The molecule has 15 heavy (non-hydrogen) atoms. The molecule has 0 spiro atoms. The summed E-state index contributed by atoms with van der Waals surface area (Å²) in [6, 6.07) is 2.21. The van der Waals surface area contributed by atoms with Gasteiger partial charge in [-0.05, 0) is 38.0 Å². The van der Waals surface area contributed by atoms with Crippen LogP contribution >= 0.6 is 0 Å². The molecule has 1 amide bonds. The van der Waals surface area contributed by atoms with Gasteiger partial charge < -0.3 is 4.90 Å². The van der Waals surface area contributed by atoms with E-state index in [1.807, 2.05) is 7.05 Å². The zero-order valence-corrected chi connectivity index (χ0v) is 9.33. The Morgan fingerprint density at radius 2 is 2.13 bits per heavy atom. The number of nitrogens with zero attached hydrogens (tertiary/aromatic N) is 2. The highest BCUT2D eigenvalue weighted by Crippen LogP contribution is 2.42. The maximum atomic E-state index is 12.1. The lowest BCUT2D eigenvalue weighted by Crippen LogP contribution is -2.47. The summed E-state index contributed by atoms with van der Waals surface area (Å²) in [4.78, 5) is 13.8. The van der Waals surface area contributed by atoms with Gasteiger partial charge in [0.25, 0.3) is 0 Å². The van der Waals surface area contributed by atoms with Crippen LogP contribution < -0.4 is 0 Å². The normalized spacial score (nSPS) is 23.5. The van der Waals surface area contributed by atoms with Gasteiger partial charge >= 0.3 is 0 Å². The Kier molecular flexibility index (Phi) is 2.68. The summed E-state index contributed by atoms with van der Waals surface area (Å²) in [5, 5.41) is 9.06. The van der Waals surface area contributed by atoms with Crippen LogP contribution in [0.25, 0.3) is 0 Å². The second kappa shape index (κ2) is 3.84. The van der Waals surface area contributed by atoms with Gasteiger partial charge in [-0.25, -0.2) is 0 Å². The van der Waals surface area contributed by atoms with Gasteiger partial charge in [0.15, 0.2) is 0 Å². The Hall–Kier alpha value is -1.04. The molecule has 3 nitrogen and oxygen atoms in total. The van der Waals surface area contributed by atoms with Gasteiger partial charge in [-0.1, -0.05) is 6.42 Å². The molecule has 0 aromatic rings. The zero-order valence-electron chi connectivity index (χ0n) is 9.33. The molecule has 3 heteroatoms. The highest BCUT2D eigenvalue weighted by Gasteiger charge is 2.46. The first-order valence-electron chi connectivity index (χ1n) is 5.85. The topological polar surface area (TPSA) is 44.1 Å². The standard InChI is InChI=1S/C12H18N2O/c1-14(8-10-4-2-5-10)11(15)12(9-13)6-3-7-12/h10H,2-8H2,1H3. The van der Waals surface area contributed by atoms with Crippen molar-refractivity contribution in [2.45, 2.75) is 38.5 Å². The highest BCUT2D eigenvalue weighted by atomic mass is 16.2. The molecule has 0 aliphatic heterocycles. The van der Waals surface area contributed by atoms with Crippen LogP contribution in [-0.4, -0.2) is 24.4 Å². The SMILES string of the molecule is CN(CC1CCC1)C(=O)C1(C#N)CCC1. The third-order valence-electron chi connectivity index (χ3n) is 3.93. The monoisotopic (exact) mass is 206 g/mol. The van der Waals surface area contributed by atoms with E-state index >= 15 is 0 Å². The number of rotatable bonds is 3. The molecular formula is C12H18N2O. The fourth-order valence-electron chi connectivity index (χ4n) is 2.41. The summed E-state index contributed by atoms with van der Waals surface area (Å²) in [6.45, 7) is 0.849. The first-order valence-corrected chi connectivity index (χ1v) is 5.85. The molecule has 0 atom stereocenters. The van der Waals surface area contributed by atoms with E-state index in [2.05, 4.69) is 6.07 Å². The molecular weight excluding hydrogens is 188 g/mol. The molecule has 0 aromatic carbocycles. The van der Waals surface area contributed by atoms with Crippen LogP contribution in [0.15, 0.2) is 0 Å². The van der Waals surface area contributed by atoms with Crippen molar-refractivity contribution in [3.8, 4) is 6.07 Å². The molecule has 0 heterocycles. The van der Waals surface area contributed by atoms with Crippen LogP contribution in [-0.2, 0) is 4.79 Å². The van der Waals surface area contributed by atoms with Gasteiger partial charge in [0.1, 0.15) is 5.41 Å². The van der Waals surface area contributed by atoms with Gasteiger partial charge in [0.05, 0.1) is 6.07 Å². The molecule has 0 unspecified atom stereocenters. The highest BCUT2D eigenvalue weighted by molar-refractivity contribution is 5.86. The summed E-state index contributed by atoms with van der Waals surface area (Å²) in [5.74, 6) is 0.748. The van der Waals surface area contributed by atoms with Gasteiger partial charge in [-0.3, -0.25) is 4.79 Å². The van der Waals surface area contributed by atoms with Gasteiger partial charge in [-0.15, -0.1) is 0 Å². The first-order chi connectivity index (χ1) is 7.18. The average molecular weight is 206 g/mol. The third-order valence-corrected chi connectivity index (χ3v) is 3.93. The summed E-state index contributed by atoms with van der Waals surface area (Å²) in [6.07, 6.45) is 6.34. The number of carbonyl (C=O) groups excluding carboxylic acids is 1. The van der Waals surface area contributed by atoms with E-state index in [9.17, 15) is 4.79 Å². The number of amides is 1. The summed E-state index contributed by atoms with van der Waals surface area (Å²) < 4.78 is 0. The van der Waals surface area contributed by atoms with Crippen molar-refractivity contribution >= 4 is 5.91 Å². The fourth-order valence-corrected chi connectivity index (χ4v) is 2.41.